The van der Waals surface area contributed by atoms with E-state index in [-0.39, 0.29) is 6.03 Å². The highest BCUT2D eigenvalue weighted by Crippen LogP contribution is 2.31. The van der Waals surface area contributed by atoms with Crippen LogP contribution in [0.3, 0.4) is 0 Å². The van der Waals surface area contributed by atoms with Crippen LogP contribution < -0.4 is 15.1 Å². The molecule has 0 saturated carbocycles. The van der Waals surface area contributed by atoms with Gasteiger partial charge in [-0.1, -0.05) is 91.0 Å². The molecule has 1 aliphatic rings. The number of carbonyl (C=O) groups is 3. The molecular formula is C40H39ClN4O4. The van der Waals surface area contributed by atoms with Gasteiger partial charge in [0.15, 0.2) is 0 Å². The molecule has 0 aliphatic carbocycles. The first-order valence-corrected chi connectivity index (χ1v) is 16.3. The van der Waals surface area contributed by atoms with Crippen molar-refractivity contribution in [2.24, 2.45) is 0 Å². The zero-order chi connectivity index (χ0) is 34.8. The van der Waals surface area contributed by atoms with E-state index >= 15 is 0 Å². The van der Waals surface area contributed by atoms with Crippen LogP contribution in [0.4, 0.5) is 37.1 Å². The number of hydrogen-bond donors (Lipinski definition) is 1. The minimum atomic E-state index is -0.535. The zero-order valence-corrected chi connectivity index (χ0v) is 28.5. The number of halogens is 1. The molecule has 0 unspecified atom stereocenters. The predicted molar refractivity (Wildman–Crippen MR) is 195 cm³/mol. The van der Waals surface area contributed by atoms with Gasteiger partial charge in [-0.15, -0.1) is 0 Å². The lowest BCUT2D eigenvalue weighted by Gasteiger charge is -2.28. The quantitative estimate of drug-likeness (QED) is 0.144. The molecule has 0 spiro atoms. The number of hydrogen-bond acceptors (Lipinski definition) is 4. The molecule has 0 fully saturated rings. The van der Waals surface area contributed by atoms with Gasteiger partial charge in [0.2, 0.25) is 0 Å². The molecule has 49 heavy (non-hydrogen) atoms. The fraction of sp³-hybridized carbons (Fsp3) is 0.175. The van der Waals surface area contributed by atoms with Crippen LogP contribution >= 0.6 is 11.6 Å². The average Bonchev–Trinajstić information content (AvgIpc) is 3.53. The number of carbonyl (C=O) groups excluding carboxylic acids is 3. The lowest BCUT2D eigenvalue weighted by Crippen LogP contribution is -2.37. The van der Waals surface area contributed by atoms with E-state index in [4.69, 9.17) is 16.3 Å². The minimum absolute atomic E-state index is 0.0722. The molecule has 1 aliphatic heterocycles. The monoisotopic (exact) mass is 674 g/mol. The number of fused-ring (bicyclic) bond motifs is 1. The number of ether oxygens (including phenoxy) is 1. The highest BCUT2D eigenvalue weighted by atomic mass is 35.5. The number of amides is 4. The minimum Gasteiger partial charge on any atom is -0.444 e. The molecular weight excluding hydrogens is 636 g/mol. The number of nitrogens with one attached hydrogen (secondary N) is 1. The van der Waals surface area contributed by atoms with Crippen molar-refractivity contribution >= 4 is 51.8 Å². The van der Waals surface area contributed by atoms with Crippen molar-refractivity contribution in [3.05, 3.63) is 156 Å². The van der Waals surface area contributed by atoms with Crippen LogP contribution in [0.2, 0.25) is 0 Å². The van der Waals surface area contributed by atoms with E-state index in [0.717, 1.165) is 39.4 Å². The van der Waals surface area contributed by atoms with Gasteiger partial charge in [-0.2, -0.15) is 0 Å². The van der Waals surface area contributed by atoms with Gasteiger partial charge in [0.25, 0.3) is 0 Å². The first kappa shape index (κ1) is 34.7. The maximum Gasteiger partial charge on any atom is 0.407 e. The van der Waals surface area contributed by atoms with Crippen molar-refractivity contribution in [3.63, 3.8) is 0 Å². The molecule has 0 radical (unpaired) electrons. The lowest BCUT2D eigenvalue weighted by molar-refractivity contribution is 0.0523. The number of rotatable bonds is 6. The number of benzene rings is 5. The molecule has 8 nitrogen and oxygen atoms in total. The van der Waals surface area contributed by atoms with Gasteiger partial charge in [0, 0.05) is 19.6 Å². The van der Waals surface area contributed by atoms with Crippen LogP contribution in [0, 0.1) is 0 Å². The van der Waals surface area contributed by atoms with E-state index in [9.17, 15) is 14.4 Å². The molecule has 0 bridgehead atoms. The Balaban J connectivity index is 0.000000244. The summed E-state index contributed by atoms with van der Waals surface area (Å²) in [4.78, 5) is 42.1. The molecule has 1 N–H and O–H groups in total. The van der Waals surface area contributed by atoms with Crippen molar-refractivity contribution in [1.82, 2.24) is 10.2 Å². The van der Waals surface area contributed by atoms with Gasteiger partial charge in [-0.05, 0) is 97.6 Å². The van der Waals surface area contributed by atoms with Gasteiger partial charge in [-0.3, -0.25) is 14.6 Å². The van der Waals surface area contributed by atoms with Gasteiger partial charge in [-0.25, -0.2) is 9.59 Å². The fourth-order valence-electron chi connectivity index (χ4n) is 5.35. The molecule has 1 heterocycles. The topological polar surface area (TPSA) is 82.2 Å². The molecule has 0 aromatic heterocycles. The first-order chi connectivity index (χ1) is 23.6. The SMILES string of the molecule is CC(C)(C)OC(=O)NCc1ccc2c(c1)CN(C(=O)N(c1ccccc1)c1ccccc1)C2.O=C(Cl)N(c1ccccc1)c1ccccc1. The van der Waals surface area contributed by atoms with Crippen LogP contribution in [0.15, 0.2) is 140 Å². The lowest BCUT2D eigenvalue weighted by atomic mass is 10.1. The number of para-hydroxylation sites is 4. The molecule has 0 atom stereocenters. The van der Waals surface area contributed by atoms with Gasteiger partial charge in [0.1, 0.15) is 5.60 Å². The summed E-state index contributed by atoms with van der Waals surface area (Å²) in [6.07, 6.45) is -0.443. The van der Waals surface area contributed by atoms with E-state index < -0.39 is 17.1 Å². The normalized spacial score (nSPS) is 11.8. The maximum atomic E-state index is 13.6. The second-order valence-electron chi connectivity index (χ2n) is 12.4. The van der Waals surface area contributed by atoms with Crippen molar-refractivity contribution in [3.8, 4) is 0 Å². The number of urea groups is 1. The summed E-state index contributed by atoms with van der Waals surface area (Å²) in [7, 11) is 0. The van der Waals surface area contributed by atoms with Crippen molar-refractivity contribution in [2.45, 2.75) is 46.0 Å². The molecule has 250 valence electrons. The summed E-state index contributed by atoms with van der Waals surface area (Å²) < 4.78 is 5.30. The Kier molecular flexibility index (Phi) is 11.3. The number of alkyl carbamates (subject to hydrolysis) is 1. The fourth-order valence-corrected chi connectivity index (χ4v) is 5.55. The van der Waals surface area contributed by atoms with Gasteiger partial charge < -0.3 is 15.0 Å². The smallest absolute Gasteiger partial charge is 0.407 e. The Labute approximate surface area is 292 Å². The second kappa shape index (κ2) is 16.0. The molecule has 0 saturated heterocycles. The van der Waals surface area contributed by atoms with Gasteiger partial charge >= 0.3 is 17.5 Å². The number of nitrogens with zero attached hydrogens (tertiary/aromatic N) is 3. The van der Waals surface area contributed by atoms with E-state index in [1.165, 1.54) is 4.90 Å². The van der Waals surface area contributed by atoms with Crippen molar-refractivity contribution in [2.75, 3.05) is 9.80 Å². The Morgan fingerprint density at radius 2 is 1.08 bits per heavy atom. The van der Waals surface area contributed by atoms with Gasteiger partial charge in [0.05, 0.1) is 22.7 Å². The summed E-state index contributed by atoms with van der Waals surface area (Å²) in [5.41, 5.74) is 5.81. The standard InChI is InChI=1S/C27H29N3O3.C13H10ClNO/c1-27(2,3)33-25(31)28-17-20-14-15-21-18-29(19-22(21)16-20)26(32)30(23-10-6-4-7-11-23)24-12-8-5-9-13-24;14-13(16)15(11-7-3-1-4-8-11)12-9-5-2-6-10-12/h4-16H,17-19H2,1-3H3,(H,28,31);1-10H. The number of anilines is 4. The Morgan fingerprint density at radius 3 is 1.51 bits per heavy atom. The second-order valence-corrected chi connectivity index (χ2v) is 12.7. The third-order valence-corrected chi connectivity index (χ3v) is 7.69. The van der Waals surface area contributed by atoms with E-state index in [1.54, 1.807) is 4.90 Å². The van der Waals surface area contributed by atoms with E-state index in [2.05, 4.69) is 11.4 Å². The van der Waals surface area contributed by atoms with Crippen LogP contribution in [0.5, 0.6) is 0 Å². The summed E-state index contributed by atoms with van der Waals surface area (Å²) in [6.45, 7) is 6.94. The third-order valence-electron chi connectivity index (χ3n) is 7.52. The summed E-state index contributed by atoms with van der Waals surface area (Å²) >= 11 is 5.60. The van der Waals surface area contributed by atoms with Crippen LogP contribution in [0.25, 0.3) is 0 Å². The third kappa shape index (κ3) is 9.49. The molecule has 5 aromatic rings. The van der Waals surface area contributed by atoms with Crippen LogP contribution in [-0.2, 0) is 24.4 Å². The van der Waals surface area contributed by atoms with Crippen LogP contribution in [-0.4, -0.2) is 28.0 Å². The summed E-state index contributed by atoms with van der Waals surface area (Å²) in [6, 6.07) is 44.0. The zero-order valence-electron chi connectivity index (χ0n) is 27.8. The van der Waals surface area contributed by atoms with Crippen LogP contribution in [0.1, 0.15) is 37.5 Å². The van der Waals surface area contributed by atoms with Crippen molar-refractivity contribution in [1.29, 1.82) is 0 Å². The Bertz CT molecular complexity index is 1770. The summed E-state index contributed by atoms with van der Waals surface area (Å²) in [5.74, 6) is 0. The predicted octanol–water partition coefficient (Wildman–Crippen LogP) is 10.2. The highest BCUT2D eigenvalue weighted by molar-refractivity contribution is 6.66. The maximum absolute atomic E-state index is 13.6. The largest absolute Gasteiger partial charge is 0.444 e. The average molecular weight is 675 g/mol. The first-order valence-electron chi connectivity index (χ1n) is 16.0. The van der Waals surface area contributed by atoms with Crippen molar-refractivity contribution < 1.29 is 19.1 Å². The molecule has 5 aromatic carbocycles. The highest BCUT2D eigenvalue weighted by Gasteiger charge is 2.29. The Hall–Kier alpha value is -5.60. The Morgan fingerprint density at radius 1 is 0.653 bits per heavy atom. The molecule has 6 rings (SSSR count). The molecule has 4 amide bonds. The summed E-state index contributed by atoms with van der Waals surface area (Å²) in [5, 5.41) is 2.28. The molecule has 9 heteroatoms. The van der Waals surface area contributed by atoms with E-state index in [0.29, 0.717) is 19.6 Å². The van der Waals surface area contributed by atoms with E-state index in [1.807, 2.05) is 159 Å².